The number of nitrogens with one attached hydrogen (secondary N) is 1. The number of methoxy groups -OCH3 is 1. The van der Waals surface area contributed by atoms with Gasteiger partial charge in [-0.3, -0.25) is 19.3 Å². The molecule has 1 aromatic heterocycles. The van der Waals surface area contributed by atoms with Crippen molar-refractivity contribution in [2.75, 3.05) is 19.0 Å². The average Bonchev–Trinajstić information content (AvgIpc) is 3.28. The summed E-state index contributed by atoms with van der Waals surface area (Å²) in [5.41, 5.74) is 5.32. The third-order valence-electron chi connectivity index (χ3n) is 5.79. The van der Waals surface area contributed by atoms with E-state index in [-0.39, 0.29) is 11.4 Å². The van der Waals surface area contributed by atoms with Crippen LogP contribution < -0.4 is 5.32 Å². The van der Waals surface area contributed by atoms with Crippen molar-refractivity contribution < 1.29 is 23.9 Å². The number of esters is 1. The summed E-state index contributed by atoms with van der Waals surface area (Å²) < 4.78 is 6.77. The smallest absolute Gasteiger partial charge is 0.337 e. The number of imide groups is 1. The van der Waals surface area contributed by atoms with E-state index in [1.54, 1.807) is 36.4 Å². The molecule has 1 fully saturated rings. The molecule has 0 unspecified atom stereocenters. The Morgan fingerprint density at radius 3 is 2.44 bits per heavy atom. The first-order valence-electron chi connectivity index (χ1n) is 11.2. The first-order chi connectivity index (χ1) is 17.2. The average molecular weight is 504 g/mol. The Labute approximate surface area is 212 Å². The quantitative estimate of drug-likeness (QED) is 0.381. The first-order valence-corrected chi connectivity index (χ1v) is 12.0. The van der Waals surface area contributed by atoms with Gasteiger partial charge in [-0.25, -0.2) is 4.79 Å². The van der Waals surface area contributed by atoms with E-state index in [4.69, 9.17) is 4.74 Å². The van der Waals surface area contributed by atoms with Crippen LogP contribution in [0, 0.1) is 20.8 Å². The predicted octanol–water partition coefficient (Wildman–Crippen LogP) is 4.86. The lowest BCUT2D eigenvalue weighted by atomic mass is 10.2. The van der Waals surface area contributed by atoms with Crippen molar-refractivity contribution in [1.29, 1.82) is 0 Å². The number of carbonyl (C=O) groups excluding carboxylic acids is 4. The van der Waals surface area contributed by atoms with Gasteiger partial charge >= 0.3 is 5.97 Å². The zero-order valence-electron chi connectivity index (χ0n) is 20.3. The molecule has 36 heavy (non-hydrogen) atoms. The van der Waals surface area contributed by atoms with Crippen molar-refractivity contribution in [3.8, 4) is 5.69 Å². The fourth-order valence-electron chi connectivity index (χ4n) is 3.98. The highest BCUT2D eigenvalue weighted by molar-refractivity contribution is 8.18. The van der Waals surface area contributed by atoms with Crippen LogP contribution in [0.3, 0.4) is 0 Å². The molecule has 0 atom stereocenters. The molecular weight excluding hydrogens is 478 g/mol. The third kappa shape index (κ3) is 5.11. The van der Waals surface area contributed by atoms with Gasteiger partial charge in [0.1, 0.15) is 6.54 Å². The minimum Gasteiger partial charge on any atom is -0.465 e. The highest BCUT2D eigenvalue weighted by Crippen LogP contribution is 2.33. The molecule has 2 heterocycles. The van der Waals surface area contributed by atoms with E-state index in [1.165, 1.54) is 7.11 Å². The zero-order chi connectivity index (χ0) is 26.0. The van der Waals surface area contributed by atoms with E-state index in [0.717, 1.165) is 44.9 Å². The van der Waals surface area contributed by atoms with Gasteiger partial charge in [0.2, 0.25) is 5.91 Å². The Balaban J connectivity index is 1.54. The van der Waals surface area contributed by atoms with Gasteiger partial charge < -0.3 is 14.6 Å². The molecule has 4 rings (SSSR count). The molecule has 3 aromatic rings. The van der Waals surface area contributed by atoms with Crippen LogP contribution in [0.5, 0.6) is 0 Å². The highest BCUT2D eigenvalue weighted by Gasteiger charge is 2.36. The van der Waals surface area contributed by atoms with E-state index in [9.17, 15) is 19.2 Å². The monoisotopic (exact) mass is 503 g/mol. The molecule has 9 heteroatoms. The lowest BCUT2D eigenvalue weighted by Crippen LogP contribution is -2.36. The van der Waals surface area contributed by atoms with Gasteiger partial charge in [0.15, 0.2) is 0 Å². The van der Waals surface area contributed by atoms with E-state index >= 15 is 0 Å². The van der Waals surface area contributed by atoms with Crippen LogP contribution >= 0.6 is 11.8 Å². The molecule has 1 N–H and O–H groups in total. The molecule has 0 radical (unpaired) electrons. The highest BCUT2D eigenvalue weighted by atomic mass is 32.2. The Hall–Kier alpha value is -4.11. The van der Waals surface area contributed by atoms with Crippen molar-refractivity contribution in [3.63, 3.8) is 0 Å². The van der Waals surface area contributed by atoms with Crippen molar-refractivity contribution >= 4 is 46.5 Å². The van der Waals surface area contributed by atoms with Gasteiger partial charge in [-0.1, -0.05) is 23.8 Å². The van der Waals surface area contributed by atoms with Crippen molar-refractivity contribution in [2.45, 2.75) is 20.8 Å². The van der Waals surface area contributed by atoms with E-state index < -0.39 is 23.0 Å². The van der Waals surface area contributed by atoms with E-state index in [0.29, 0.717) is 11.3 Å². The summed E-state index contributed by atoms with van der Waals surface area (Å²) in [5, 5.41) is 2.21. The molecule has 2 aromatic carbocycles. The SMILES string of the molecule is COC(=O)c1cccc(-n2c(C)cc(C=C3SC(=O)N(CC(=O)Nc4ccc(C)cc4)C3=O)c2C)c1. The largest absolute Gasteiger partial charge is 0.465 e. The molecule has 8 nitrogen and oxygen atoms in total. The maximum atomic E-state index is 13.0. The van der Waals surface area contributed by atoms with Crippen LogP contribution in [0.2, 0.25) is 0 Å². The van der Waals surface area contributed by atoms with Crippen LogP contribution in [0.1, 0.15) is 32.9 Å². The van der Waals surface area contributed by atoms with Crippen LogP contribution in [-0.4, -0.2) is 46.1 Å². The summed E-state index contributed by atoms with van der Waals surface area (Å²) in [6.45, 7) is 5.38. The molecule has 0 saturated carbocycles. The molecule has 0 spiro atoms. The van der Waals surface area contributed by atoms with Crippen molar-refractivity contribution in [3.05, 3.63) is 87.6 Å². The Morgan fingerprint density at radius 2 is 1.75 bits per heavy atom. The number of aryl methyl sites for hydroxylation is 2. The summed E-state index contributed by atoms with van der Waals surface area (Å²) in [5.74, 6) is -1.40. The fraction of sp³-hybridized carbons (Fsp3) is 0.185. The lowest BCUT2D eigenvalue weighted by Gasteiger charge is -2.12. The maximum absolute atomic E-state index is 13.0. The number of rotatable bonds is 6. The molecule has 1 aliphatic heterocycles. The van der Waals surface area contributed by atoms with Gasteiger partial charge in [-0.05, 0) is 80.6 Å². The standard InChI is InChI=1S/C27H25N3O5S/c1-16-8-10-21(11-9-16)28-24(31)15-29-25(32)23(36-27(29)34)14-20-12-17(2)30(18(20)3)22-7-5-6-19(13-22)26(33)35-4/h5-14H,15H2,1-4H3,(H,28,31). The Bertz CT molecular complexity index is 1410. The second-order valence-electron chi connectivity index (χ2n) is 8.39. The number of anilines is 1. The number of hydrogen-bond acceptors (Lipinski definition) is 6. The second kappa shape index (κ2) is 10.2. The molecular formula is C27H25N3O5S. The Morgan fingerprint density at radius 1 is 1.03 bits per heavy atom. The van der Waals surface area contributed by atoms with Gasteiger partial charge in [0.05, 0.1) is 17.6 Å². The van der Waals surface area contributed by atoms with Crippen molar-refractivity contribution in [1.82, 2.24) is 9.47 Å². The molecule has 1 aliphatic rings. The summed E-state index contributed by atoms with van der Waals surface area (Å²) in [6.07, 6.45) is 1.66. The molecule has 184 valence electrons. The number of thioether (sulfide) groups is 1. The maximum Gasteiger partial charge on any atom is 0.337 e. The van der Waals surface area contributed by atoms with Crippen LogP contribution in [0.15, 0.2) is 59.5 Å². The normalized spacial score (nSPS) is 14.4. The zero-order valence-corrected chi connectivity index (χ0v) is 21.1. The van der Waals surface area contributed by atoms with E-state index in [1.807, 2.05) is 49.6 Å². The summed E-state index contributed by atoms with van der Waals surface area (Å²) in [7, 11) is 1.33. The number of hydrogen-bond donors (Lipinski definition) is 1. The molecule has 1 saturated heterocycles. The topological polar surface area (TPSA) is 97.7 Å². The summed E-state index contributed by atoms with van der Waals surface area (Å²) in [4.78, 5) is 51.1. The molecule has 3 amide bonds. The van der Waals surface area contributed by atoms with Gasteiger partial charge in [0.25, 0.3) is 11.1 Å². The lowest BCUT2D eigenvalue weighted by molar-refractivity contribution is -0.127. The summed E-state index contributed by atoms with van der Waals surface area (Å²) in [6, 6.07) is 16.2. The van der Waals surface area contributed by atoms with E-state index in [2.05, 4.69) is 5.32 Å². The molecule has 0 aliphatic carbocycles. The van der Waals surface area contributed by atoms with Crippen LogP contribution in [0.25, 0.3) is 11.8 Å². The van der Waals surface area contributed by atoms with Crippen LogP contribution in [-0.2, 0) is 14.3 Å². The van der Waals surface area contributed by atoms with Gasteiger partial charge in [-0.15, -0.1) is 0 Å². The third-order valence-corrected chi connectivity index (χ3v) is 6.70. The number of amides is 3. The minimum atomic E-state index is -0.512. The van der Waals surface area contributed by atoms with Crippen molar-refractivity contribution in [2.24, 2.45) is 0 Å². The predicted molar refractivity (Wildman–Crippen MR) is 139 cm³/mol. The fourth-order valence-corrected chi connectivity index (χ4v) is 4.81. The number of ether oxygens (including phenoxy) is 1. The van der Waals surface area contributed by atoms with Crippen LogP contribution in [0.4, 0.5) is 10.5 Å². The van der Waals surface area contributed by atoms with Gasteiger partial charge in [-0.2, -0.15) is 0 Å². The molecule has 0 bridgehead atoms. The summed E-state index contributed by atoms with van der Waals surface area (Å²) >= 11 is 0.804. The number of aromatic nitrogens is 1. The number of carbonyl (C=O) groups is 4. The second-order valence-corrected chi connectivity index (χ2v) is 9.38. The minimum absolute atomic E-state index is 0.242. The first kappa shape index (κ1) is 25.0. The number of benzene rings is 2. The number of nitrogens with zero attached hydrogens (tertiary/aromatic N) is 2. The van der Waals surface area contributed by atoms with Gasteiger partial charge in [0, 0.05) is 22.8 Å². The Kier molecular flexibility index (Phi) is 7.12.